The smallest absolute Gasteiger partial charge is 0.262 e. The van der Waals surface area contributed by atoms with Crippen LogP contribution in [0.15, 0.2) is 104 Å². The van der Waals surface area contributed by atoms with E-state index in [-0.39, 0.29) is 34.3 Å². The van der Waals surface area contributed by atoms with Crippen LogP contribution in [0.25, 0.3) is 97.0 Å². The summed E-state index contributed by atoms with van der Waals surface area (Å²) in [5, 5.41) is 15.3. The molecule has 2 atom stereocenters. The van der Waals surface area contributed by atoms with E-state index in [0.29, 0.717) is 21.5 Å². The highest BCUT2D eigenvalue weighted by Gasteiger charge is 2.29. The van der Waals surface area contributed by atoms with Crippen LogP contribution in [0.3, 0.4) is 0 Å². The van der Waals surface area contributed by atoms with Crippen molar-refractivity contribution in [1.82, 2.24) is 9.13 Å². The van der Waals surface area contributed by atoms with Crippen LogP contribution >= 0.6 is 0 Å². The molecule has 74 heavy (non-hydrogen) atoms. The molecule has 0 aliphatic heterocycles. The molecule has 0 saturated heterocycles. The Balaban J connectivity index is 1.19. The van der Waals surface area contributed by atoms with Gasteiger partial charge in [0, 0.05) is 22.9 Å². The number of aromatic nitrogens is 2. The van der Waals surface area contributed by atoms with Gasteiger partial charge in [0.2, 0.25) is 0 Å². The Morgan fingerprint density at radius 1 is 0.284 bits per heavy atom. The molecular weight excluding hydrogens is 909 g/mol. The first-order chi connectivity index (χ1) is 36.3. The number of fused-ring (bicyclic) bond motifs is 14. The zero-order chi connectivity index (χ0) is 51.3. The number of benzene rings is 8. The molecule has 6 nitrogen and oxygen atoms in total. The monoisotopic (exact) mass is 989 g/mol. The molecule has 0 amide bonds. The molecule has 6 heteroatoms. The molecule has 0 aliphatic rings. The average Bonchev–Trinajstić information content (AvgIpc) is 3.85. The molecule has 2 heterocycles. The zero-order valence-corrected chi connectivity index (χ0v) is 45.1. The van der Waals surface area contributed by atoms with E-state index in [1.807, 2.05) is 36.4 Å². The lowest BCUT2D eigenvalue weighted by Crippen LogP contribution is -2.30. The Morgan fingerprint density at radius 3 is 0.932 bits per heavy atom. The van der Waals surface area contributed by atoms with Crippen molar-refractivity contribution >= 4 is 97.0 Å². The third-order valence-electron chi connectivity index (χ3n) is 17.4. The van der Waals surface area contributed by atoms with Gasteiger partial charge in [0.1, 0.15) is 0 Å². The standard InChI is InChI=1S/C68H80N2O4/c1-5-9-13-17-19-21-25-33-47(31-23-15-11-7-3)69-65(71)61-51-37-29-27-35-49(51)55-43-45-39-40-46-44-56-50-36-28-30-38-52(50)62-64(60(56)54-42-41-53(57(45)58(46)54)59(55)63(61)67(69)73)68(74)70(66(62)72)48(32-24-16-12-8-4)34-26-22-20-18-14-10-6-2/h27-30,35-44,47-48H,5-26,31-34H2,1-4H3. The van der Waals surface area contributed by atoms with Crippen LogP contribution in [0.4, 0.5) is 0 Å². The second kappa shape index (κ2) is 23.3. The second-order valence-corrected chi connectivity index (χ2v) is 22.4. The molecule has 0 fully saturated rings. The fraction of sp³-hybridized carbons (Fsp3) is 0.471. The molecule has 0 aliphatic carbocycles. The van der Waals surface area contributed by atoms with Crippen molar-refractivity contribution in [2.75, 3.05) is 0 Å². The minimum absolute atomic E-state index is 0.155. The van der Waals surface area contributed by atoms with Crippen molar-refractivity contribution < 1.29 is 0 Å². The van der Waals surface area contributed by atoms with E-state index in [2.05, 4.69) is 76.2 Å². The normalized spacial score (nSPS) is 13.3. The van der Waals surface area contributed by atoms with E-state index in [0.717, 1.165) is 178 Å². The molecule has 0 N–H and O–H groups in total. The summed E-state index contributed by atoms with van der Waals surface area (Å²) >= 11 is 0. The van der Waals surface area contributed by atoms with Crippen LogP contribution in [0.1, 0.15) is 207 Å². The van der Waals surface area contributed by atoms with E-state index in [4.69, 9.17) is 0 Å². The van der Waals surface area contributed by atoms with Crippen molar-refractivity contribution in [1.29, 1.82) is 0 Å². The lowest BCUT2D eigenvalue weighted by molar-refractivity contribution is 0.384. The quantitative estimate of drug-likeness (QED) is 0.0278. The maximum Gasteiger partial charge on any atom is 0.262 e. The molecular formula is C68H80N2O4. The van der Waals surface area contributed by atoms with E-state index in [1.165, 1.54) is 64.2 Å². The topological polar surface area (TPSA) is 78.1 Å². The molecule has 0 bridgehead atoms. The van der Waals surface area contributed by atoms with Crippen molar-refractivity contribution in [2.45, 2.75) is 207 Å². The fourth-order valence-electron chi connectivity index (χ4n) is 13.6. The molecule has 0 radical (unpaired) electrons. The van der Waals surface area contributed by atoms with Crippen LogP contribution < -0.4 is 22.2 Å². The summed E-state index contributed by atoms with van der Waals surface area (Å²) in [6.07, 6.45) is 28.7. The zero-order valence-electron chi connectivity index (χ0n) is 45.1. The Morgan fingerprint density at radius 2 is 0.581 bits per heavy atom. The molecule has 0 saturated carbocycles. The third kappa shape index (κ3) is 9.46. The van der Waals surface area contributed by atoms with Gasteiger partial charge in [-0.1, -0.05) is 242 Å². The summed E-state index contributed by atoms with van der Waals surface area (Å²) in [4.78, 5) is 61.4. The van der Waals surface area contributed by atoms with Gasteiger partial charge in [0.25, 0.3) is 22.2 Å². The van der Waals surface area contributed by atoms with Gasteiger partial charge in [-0.3, -0.25) is 28.3 Å². The highest BCUT2D eigenvalue weighted by Crippen LogP contribution is 2.47. The lowest BCUT2D eigenvalue weighted by Gasteiger charge is -2.18. The first-order valence-electron chi connectivity index (χ1n) is 29.6. The summed E-state index contributed by atoms with van der Waals surface area (Å²) < 4.78 is 3.36. The van der Waals surface area contributed by atoms with E-state index >= 15 is 19.2 Å². The maximum atomic E-state index is 15.5. The number of unbranched alkanes of at least 4 members (excludes halogenated alkanes) is 18. The van der Waals surface area contributed by atoms with Crippen molar-refractivity contribution in [3.63, 3.8) is 0 Å². The van der Waals surface area contributed by atoms with Gasteiger partial charge < -0.3 is 0 Å². The van der Waals surface area contributed by atoms with Gasteiger partial charge >= 0.3 is 0 Å². The first-order valence-corrected chi connectivity index (χ1v) is 29.6. The van der Waals surface area contributed by atoms with Crippen LogP contribution in [0.5, 0.6) is 0 Å². The minimum Gasteiger partial charge on any atom is -0.271 e. The summed E-state index contributed by atoms with van der Waals surface area (Å²) in [5.41, 5.74) is -0.652. The highest BCUT2D eigenvalue weighted by atomic mass is 16.2. The SMILES string of the molecule is CCCCCCCCCC(CCCCCC)n1c(=O)c2c3ccccc3c3cc4ccc5cc6c7ccccc7c7c(=O)n(C(CCCCCC)CCCCCCCCC)c(=O)c7c6c6ccc(c3c2c1=O)c4c56. The van der Waals surface area contributed by atoms with Crippen molar-refractivity contribution in [3.05, 3.63) is 126 Å². The number of nitrogens with zero attached hydrogens (tertiary/aromatic N) is 2. The van der Waals surface area contributed by atoms with Gasteiger partial charge in [-0.2, -0.15) is 0 Å². The summed E-state index contributed by atoms with van der Waals surface area (Å²) in [6, 6.07) is 29.2. The van der Waals surface area contributed by atoms with Gasteiger partial charge in [-0.15, -0.1) is 0 Å². The average molecular weight is 989 g/mol. The van der Waals surface area contributed by atoms with Crippen molar-refractivity contribution in [3.8, 4) is 0 Å². The van der Waals surface area contributed by atoms with Gasteiger partial charge in [-0.05, 0) is 102 Å². The lowest BCUT2D eigenvalue weighted by atomic mass is 9.85. The minimum atomic E-state index is -0.168. The summed E-state index contributed by atoms with van der Waals surface area (Å²) in [6.45, 7) is 8.95. The van der Waals surface area contributed by atoms with Crippen LogP contribution in [-0.2, 0) is 0 Å². The molecule has 386 valence electrons. The van der Waals surface area contributed by atoms with E-state index in [1.54, 1.807) is 9.13 Å². The summed E-state index contributed by atoms with van der Waals surface area (Å²) in [7, 11) is 0. The Kier molecular flexibility index (Phi) is 16.3. The molecule has 0 spiro atoms. The van der Waals surface area contributed by atoms with E-state index < -0.39 is 0 Å². The second-order valence-electron chi connectivity index (χ2n) is 22.4. The number of rotatable bonds is 28. The summed E-state index contributed by atoms with van der Waals surface area (Å²) in [5.74, 6) is 0. The molecule has 2 aromatic heterocycles. The molecule has 10 rings (SSSR count). The first kappa shape index (κ1) is 51.6. The van der Waals surface area contributed by atoms with Gasteiger partial charge in [0.05, 0.1) is 21.5 Å². The molecule has 8 aromatic carbocycles. The van der Waals surface area contributed by atoms with E-state index in [9.17, 15) is 0 Å². The van der Waals surface area contributed by atoms with Gasteiger partial charge in [0.15, 0.2) is 0 Å². The predicted molar refractivity (Wildman–Crippen MR) is 319 cm³/mol. The molecule has 2 unspecified atom stereocenters. The Bertz CT molecular complexity index is 3560. The highest BCUT2D eigenvalue weighted by molar-refractivity contribution is 6.42. The fourth-order valence-corrected chi connectivity index (χ4v) is 13.6. The molecule has 10 aromatic rings. The van der Waals surface area contributed by atoms with Gasteiger partial charge in [-0.25, -0.2) is 0 Å². The predicted octanol–water partition coefficient (Wildman–Crippen LogP) is 18.7. The van der Waals surface area contributed by atoms with Crippen LogP contribution in [0.2, 0.25) is 0 Å². The largest absolute Gasteiger partial charge is 0.271 e. The Hall–Kier alpha value is -5.88. The number of hydrogen-bond donors (Lipinski definition) is 0. The van der Waals surface area contributed by atoms with Crippen LogP contribution in [0, 0.1) is 0 Å². The number of hydrogen-bond acceptors (Lipinski definition) is 4. The Labute approximate surface area is 437 Å². The van der Waals surface area contributed by atoms with Crippen molar-refractivity contribution in [2.24, 2.45) is 0 Å². The maximum absolute atomic E-state index is 15.5. The third-order valence-corrected chi connectivity index (χ3v) is 17.4. The van der Waals surface area contributed by atoms with Crippen LogP contribution in [-0.4, -0.2) is 9.13 Å².